The Morgan fingerprint density at radius 3 is 2.13 bits per heavy atom. The van der Waals surface area contributed by atoms with Crippen molar-refractivity contribution in [1.82, 2.24) is 0 Å². The van der Waals surface area contributed by atoms with Crippen LogP contribution in [0.3, 0.4) is 0 Å². The minimum atomic E-state index is -2.29. The van der Waals surface area contributed by atoms with Crippen LogP contribution in [0.5, 0.6) is 0 Å². The van der Waals surface area contributed by atoms with Crippen LogP contribution in [0.25, 0.3) is 0 Å². The van der Waals surface area contributed by atoms with Gasteiger partial charge in [0.15, 0.2) is 17.2 Å². The van der Waals surface area contributed by atoms with E-state index in [0.29, 0.717) is 17.1 Å². The smallest absolute Gasteiger partial charge is 0.306 e. The van der Waals surface area contributed by atoms with Gasteiger partial charge in [0.05, 0.1) is 11.8 Å². The van der Waals surface area contributed by atoms with E-state index in [9.17, 15) is 24.7 Å². The maximum Gasteiger partial charge on any atom is 0.306 e. The Labute approximate surface area is 325 Å². The number of aliphatic hydroxyl groups is 1. The molecule has 300 valence electrons. The van der Waals surface area contributed by atoms with E-state index < -0.39 is 70.8 Å². The number of hydroxylamine groups is 1. The van der Waals surface area contributed by atoms with Gasteiger partial charge in [-0.1, -0.05) is 109 Å². The maximum absolute atomic E-state index is 17.8. The molecule has 0 amide bonds. The molecule has 10 heteroatoms. The number of carbonyl (C=O) groups excluding carboxylic acids is 3. The number of allylic oxidation sites excluding steroid dienone is 4. The van der Waals surface area contributed by atoms with Crippen molar-refractivity contribution >= 4 is 34.8 Å². The zero-order valence-electron chi connectivity index (χ0n) is 32.5. The molecular weight excluding hydrogens is 712 g/mol. The molecule has 54 heavy (non-hydrogen) atoms. The van der Waals surface area contributed by atoms with E-state index >= 15 is 8.78 Å². The van der Waals surface area contributed by atoms with E-state index in [4.69, 9.17) is 16.3 Å². The molecule has 0 saturated heterocycles. The first kappa shape index (κ1) is 42.5. The second-order valence-corrected chi connectivity index (χ2v) is 17.5. The van der Waals surface area contributed by atoms with Crippen molar-refractivity contribution < 1.29 is 38.2 Å². The monoisotopic (exact) mass is 773 g/mol. The van der Waals surface area contributed by atoms with Gasteiger partial charge >= 0.3 is 5.97 Å². The molecular formula is C44H62ClF2NO6. The van der Waals surface area contributed by atoms with Crippen molar-refractivity contribution in [2.45, 2.75) is 148 Å². The standard InChI is InChI=1S/C44H62ClF2NO6/c1-4-5-6-7-8-9-10-11-12-13-14-15-16-17-40(52)54-29-38(50)41-30(28-48(53)32-20-18-31(45)19-21-32)24-34-35-26-37(46)36-25-33(49)22-23-43(36,3)44(35,47)39(51)27-42(34,41)2/h18-23,25,30,34-35,37,39,41,51,53H,4-17,24,26-29H2,1-3H3/t30-,34-,35-,37-,39-,41+,42-,43-,44-/m0/s1. The fourth-order valence-electron chi connectivity index (χ4n) is 10.7. The van der Waals surface area contributed by atoms with Crippen molar-refractivity contribution in [2.75, 3.05) is 18.2 Å². The number of esters is 1. The van der Waals surface area contributed by atoms with Gasteiger partial charge in [-0.25, -0.2) is 8.78 Å². The fraction of sp³-hybridized carbons (Fsp3) is 0.705. The Balaban J connectivity index is 1.21. The van der Waals surface area contributed by atoms with Crippen molar-refractivity contribution in [2.24, 2.45) is 34.5 Å². The molecule has 0 heterocycles. The summed E-state index contributed by atoms with van der Waals surface area (Å²) >= 11 is 6.07. The summed E-state index contributed by atoms with van der Waals surface area (Å²) in [5.74, 6) is -4.04. The van der Waals surface area contributed by atoms with Crippen LogP contribution in [0, 0.1) is 34.5 Å². The van der Waals surface area contributed by atoms with Gasteiger partial charge < -0.3 is 9.84 Å². The van der Waals surface area contributed by atoms with Gasteiger partial charge in [-0.2, -0.15) is 0 Å². The number of aliphatic hydroxyl groups excluding tert-OH is 1. The molecule has 0 aliphatic heterocycles. The van der Waals surface area contributed by atoms with E-state index in [1.165, 1.54) is 69.9 Å². The van der Waals surface area contributed by atoms with E-state index in [1.807, 2.05) is 6.92 Å². The second-order valence-electron chi connectivity index (χ2n) is 17.1. The van der Waals surface area contributed by atoms with Gasteiger partial charge in [0.1, 0.15) is 12.8 Å². The van der Waals surface area contributed by atoms with Crippen molar-refractivity contribution in [3.05, 3.63) is 53.1 Å². The van der Waals surface area contributed by atoms with Gasteiger partial charge in [-0.15, -0.1) is 0 Å². The molecule has 2 N–H and O–H groups in total. The number of carbonyl (C=O) groups is 3. The van der Waals surface area contributed by atoms with Crippen LogP contribution in [0.15, 0.2) is 48.1 Å². The summed E-state index contributed by atoms with van der Waals surface area (Å²) in [5, 5.41) is 24.5. The molecule has 0 unspecified atom stereocenters. The Kier molecular flexibility index (Phi) is 14.6. The molecule has 3 fully saturated rings. The van der Waals surface area contributed by atoms with Crippen LogP contribution in [0.1, 0.15) is 130 Å². The number of ether oxygens (including phenoxy) is 1. The molecule has 4 aliphatic carbocycles. The number of benzene rings is 1. The average Bonchev–Trinajstić information content (AvgIpc) is 3.42. The number of nitrogens with zero attached hydrogens (tertiary/aromatic N) is 1. The molecule has 1 aromatic carbocycles. The lowest BCUT2D eigenvalue weighted by atomic mass is 9.45. The third-order valence-electron chi connectivity index (χ3n) is 13.5. The molecule has 0 aromatic heterocycles. The first-order chi connectivity index (χ1) is 25.8. The van der Waals surface area contributed by atoms with E-state index in [2.05, 4.69) is 6.92 Å². The summed E-state index contributed by atoms with van der Waals surface area (Å²) in [4.78, 5) is 39.3. The molecule has 9 atom stereocenters. The first-order valence-electron chi connectivity index (χ1n) is 20.6. The lowest BCUT2D eigenvalue weighted by Gasteiger charge is -2.62. The third-order valence-corrected chi connectivity index (χ3v) is 13.8. The Morgan fingerprint density at radius 1 is 0.926 bits per heavy atom. The third kappa shape index (κ3) is 8.99. The Hall–Kier alpha value is -2.62. The zero-order valence-corrected chi connectivity index (χ0v) is 33.3. The highest BCUT2D eigenvalue weighted by Crippen LogP contribution is 2.70. The number of halogens is 3. The van der Waals surface area contributed by atoms with Crippen LogP contribution in [0.2, 0.25) is 5.02 Å². The largest absolute Gasteiger partial charge is 0.458 e. The van der Waals surface area contributed by atoms with Gasteiger partial charge in [0.25, 0.3) is 0 Å². The average molecular weight is 774 g/mol. The summed E-state index contributed by atoms with van der Waals surface area (Å²) in [6.07, 6.45) is 16.3. The predicted octanol–water partition coefficient (Wildman–Crippen LogP) is 10.3. The van der Waals surface area contributed by atoms with Crippen molar-refractivity contribution in [1.29, 1.82) is 0 Å². The van der Waals surface area contributed by atoms with Crippen LogP contribution in [-0.2, 0) is 19.1 Å². The van der Waals surface area contributed by atoms with Crippen LogP contribution in [-0.4, -0.2) is 58.9 Å². The highest BCUT2D eigenvalue weighted by atomic mass is 35.5. The predicted molar refractivity (Wildman–Crippen MR) is 208 cm³/mol. The number of anilines is 1. The molecule has 0 bridgehead atoms. The zero-order chi connectivity index (χ0) is 39.1. The summed E-state index contributed by atoms with van der Waals surface area (Å²) < 4.78 is 39.3. The quantitative estimate of drug-likeness (QED) is 0.0772. The number of Topliss-reactive ketones (excluding diaryl/α,β-unsaturated/α-hetero) is 1. The van der Waals surface area contributed by atoms with Gasteiger partial charge in [-0.3, -0.25) is 24.7 Å². The van der Waals surface area contributed by atoms with E-state index in [0.717, 1.165) is 30.4 Å². The lowest BCUT2D eigenvalue weighted by Crippen LogP contribution is -2.68. The normalized spacial score (nSPS) is 32.7. The van der Waals surface area contributed by atoms with Crippen molar-refractivity contribution in [3.63, 3.8) is 0 Å². The molecule has 0 radical (unpaired) electrons. The fourth-order valence-corrected chi connectivity index (χ4v) is 10.9. The van der Waals surface area contributed by atoms with Gasteiger partial charge in [-0.05, 0) is 91.8 Å². The number of hydrogen-bond donors (Lipinski definition) is 2. The van der Waals surface area contributed by atoms with Crippen molar-refractivity contribution in [3.8, 4) is 0 Å². The lowest BCUT2D eigenvalue weighted by molar-refractivity contribution is -0.202. The highest BCUT2D eigenvalue weighted by molar-refractivity contribution is 6.30. The van der Waals surface area contributed by atoms with Crippen LogP contribution in [0.4, 0.5) is 14.5 Å². The second kappa shape index (κ2) is 18.5. The summed E-state index contributed by atoms with van der Waals surface area (Å²) in [6, 6.07) is 6.58. The SMILES string of the molecule is CCCCCCCCCCCCCCCC(=O)OCC(=O)[C@H]1[C@H](CN(O)c2ccc(Cl)cc2)C[C@H]2[C@@H]3C[C@H](F)C4=CC(=O)C=C[C@]4(C)[C@@]3(F)[C@@H](O)C[C@@]21C. The summed E-state index contributed by atoms with van der Waals surface area (Å²) in [7, 11) is 0. The molecule has 3 saturated carbocycles. The Bertz CT molecular complexity index is 1520. The maximum atomic E-state index is 17.8. The summed E-state index contributed by atoms with van der Waals surface area (Å²) in [5.41, 5.74) is -4.32. The van der Waals surface area contributed by atoms with Crippen LogP contribution < -0.4 is 5.06 Å². The Morgan fingerprint density at radius 2 is 1.52 bits per heavy atom. The molecule has 1 aromatic rings. The number of ketones is 2. The van der Waals surface area contributed by atoms with E-state index in [1.54, 1.807) is 31.2 Å². The molecule has 5 rings (SSSR count). The molecule has 4 aliphatic rings. The number of fused-ring (bicyclic) bond motifs is 5. The molecule has 0 spiro atoms. The topological polar surface area (TPSA) is 104 Å². The van der Waals surface area contributed by atoms with E-state index in [-0.39, 0.29) is 43.6 Å². The molecule has 7 nitrogen and oxygen atoms in total. The first-order valence-corrected chi connectivity index (χ1v) is 21.0. The van der Waals surface area contributed by atoms with Gasteiger partial charge in [0, 0.05) is 35.2 Å². The summed E-state index contributed by atoms with van der Waals surface area (Å²) in [6.45, 7) is 5.18. The number of unbranched alkanes of at least 4 members (excludes halogenated alkanes) is 12. The minimum Gasteiger partial charge on any atom is -0.458 e. The number of rotatable bonds is 20. The highest BCUT2D eigenvalue weighted by Gasteiger charge is 2.73. The van der Waals surface area contributed by atoms with Crippen LogP contribution >= 0.6 is 11.6 Å². The number of alkyl halides is 2. The van der Waals surface area contributed by atoms with Gasteiger partial charge in [0.2, 0.25) is 0 Å². The minimum absolute atomic E-state index is 0.00894. The number of hydrogen-bond acceptors (Lipinski definition) is 7.